The second-order valence-corrected chi connectivity index (χ2v) is 4.97. The van der Waals surface area contributed by atoms with Gasteiger partial charge in [0.2, 0.25) is 0 Å². The van der Waals surface area contributed by atoms with Gasteiger partial charge in [-0.3, -0.25) is 0 Å². The van der Waals surface area contributed by atoms with Gasteiger partial charge >= 0.3 is 0 Å². The molecule has 1 aromatic carbocycles. The van der Waals surface area contributed by atoms with Gasteiger partial charge in [-0.15, -0.1) is 0 Å². The Hall–Kier alpha value is -2.36. The van der Waals surface area contributed by atoms with Gasteiger partial charge in [0.05, 0.1) is 0 Å². The van der Waals surface area contributed by atoms with E-state index in [1.54, 1.807) is 0 Å². The molecule has 2 heterocycles. The molecule has 1 aliphatic rings. The number of rotatable bonds is 2. The third kappa shape index (κ3) is 1.60. The number of hydrogen-bond acceptors (Lipinski definition) is 3. The maximum absolute atomic E-state index is 6.09. The summed E-state index contributed by atoms with van der Waals surface area (Å²) in [5.74, 6) is 0.939. The molecule has 0 amide bonds. The second kappa shape index (κ2) is 3.82. The Bertz CT molecular complexity index is 756. The van der Waals surface area contributed by atoms with Crippen LogP contribution in [0.5, 0.6) is 0 Å². The van der Waals surface area contributed by atoms with Crippen LogP contribution < -0.4 is 5.73 Å². The summed E-state index contributed by atoms with van der Waals surface area (Å²) in [5.41, 5.74) is 9.75. The number of nitrogens with zero attached hydrogens (tertiary/aromatic N) is 3. The highest BCUT2D eigenvalue weighted by Gasteiger charge is 2.29. The largest absolute Gasteiger partial charge is 0.398 e. The van der Waals surface area contributed by atoms with E-state index in [0.29, 0.717) is 6.04 Å². The molecule has 1 fully saturated rings. The van der Waals surface area contributed by atoms with Gasteiger partial charge in [0.1, 0.15) is 11.3 Å². The first-order valence-corrected chi connectivity index (χ1v) is 6.52. The summed E-state index contributed by atoms with van der Waals surface area (Å²) in [5, 5.41) is 0. The molecule has 94 valence electrons. The highest BCUT2D eigenvalue weighted by molar-refractivity contribution is 5.81. The lowest BCUT2D eigenvalue weighted by atomic mass is 10.1. The highest BCUT2D eigenvalue weighted by atomic mass is 15.2. The lowest BCUT2D eigenvalue weighted by Gasteiger charge is -2.08. The normalized spacial score (nSPS) is 14.9. The predicted molar refractivity (Wildman–Crippen MR) is 75.6 cm³/mol. The maximum atomic E-state index is 6.09. The minimum Gasteiger partial charge on any atom is -0.398 e. The quantitative estimate of drug-likeness (QED) is 0.711. The van der Waals surface area contributed by atoms with E-state index in [2.05, 4.69) is 9.55 Å². The summed E-state index contributed by atoms with van der Waals surface area (Å²) in [6, 6.07) is 12.3. The van der Waals surface area contributed by atoms with Crippen molar-refractivity contribution in [3.8, 4) is 11.4 Å². The Kier molecular flexibility index (Phi) is 2.12. The van der Waals surface area contributed by atoms with Crippen molar-refractivity contribution in [1.29, 1.82) is 0 Å². The molecule has 3 aromatic rings. The van der Waals surface area contributed by atoms with E-state index >= 15 is 0 Å². The molecule has 0 atom stereocenters. The molecule has 0 spiro atoms. The number of hydrogen-bond donors (Lipinski definition) is 1. The Labute approximate surface area is 110 Å². The number of fused-ring (bicyclic) bond motifs is 1. The van der Waals surface area contributed by atoms with Gasteiger partial charge in [-0.2, -0.15) is 0 Å². The number of benzene rings is 1. The van der Waals surface area contributed by atoms with Crippen LogP contribution in [0.25, 0.3) is 22.6 Å². The summed E-state index contributed by atoms with van der Waals surface area (Å²) in [7, 11) is 0. The predicted octanol–water partition coefficient (Wildman–Crippen LogP) is 3.02. The van der Waals surface area contributed by atoms with Crippen molar-refractivity contribution in [3.05, 3.63) is 42.6 Å². The Balaban J connectivity index is 2.04. The average Bonchev–Trinajstić information content (AvgIpc) is 3.19. The Morgan fingerprint density at radius 2 is 1.95 bits per heavy atom. The Morgan fingerprint density at radius 1 is 1.11 bits per heavy atom. The first-order chi connectivity index (χ1) is 9.34. The van der Waals surface area contributed by atoms with Crippen LogP contribution in [0, 0.1) is 0 Å². The molecule has 1 aliphatic carbocycles. The number of nitrogens with two attached hydrogens (primary N) is 1. The molecule has 2 N–H and O–H groups in total. The third-order valence-electron chi connectivity index (χ3n) is 3.56. The van der Waals surface area contributed by atoms with Crippen molar-refractivity contribution in [1.82, 2.24) is 14.5 Å². The van der Waals surface area contributed by atoms with Crippen LogP contribution in [-0.2, 0) is 0 Å². The van der Waals surface area contributed by atoms with E-state index in [1.165, 1.54) is 12.8 Å². The van der Waals surface area contributed by atoms with Crippen LogP contribution in [-0.4, -0.2) is 14.5 Å². The van der Waals surface area contributed by atoms with E-state index in [9.17, 15) is 0 Å². The molecule has 2 aromatic heterocycles. The first kappa shape index (κ1) is 10.6. The molecule has 0 saturated heterocycles. The number of nitrogen functional groups attached to an aromatic ring is 1. The number of pyridine rings is 1. The van der Waals surface area contributed by atoms with E-state index in [1.807, 2.05) is 42.6 Å². The van der Waals surface area contributed by atoms with Gasteiger partial charge in [-0.1, -0.05) is 12.1 Å². The van der Waals surface area contributed by atoms with Crippen LogP contribution in [0.1, 0.15) is 18.9 Å². The van der Waals surface area contributed by atoms with Crippen molar-refractivity contribution < 1.29 is 0 Å². The third-order valence-corrected chi connectivity index (χ3v) is 3.56. The van der Waals surface area contributed by atoms with Crippen LogP contribution in [0.15, 0.2) is 42.6 Å². The summed E-state index contributed by atoms with van der Waals surface area (Å²) in [6.07, 6.45) is 4.21. The fourth-order valence-corrected chi connectivity index (χ4v) is 2.50. The standard InChI is InChI=1S/C15H14N4/c16-12-5-2-1-4-11(12)14-18-13-6-3-9-17-15(13)19(14)10-7-8-10/h1-6,9-10H,7-8,16H2. The lowest BCUT2D eigenvalue weighted by molar-refractivity contribution is 0.767. The monoisotopic (exact) mass is 250 g/mol. The summed E-state index contributed by atoms with van der Waals surface area (Å²) >= 11 is 0. The summed E-state index contributed by atoms with van der Waals surface area (Å²) in [6.45, 7) is 0. The molecule has 4 rings (SSSR count). The topological polar surface area (TPSA) is 56.7 Å². The molecule has 1 saturated carbocycles. The van der Waals surface area contributed by atoms with E-state index in [-0.39, 0.29) is 0 Å². The zero-order chi connectivity index (χ0) is 12.8. The molecule has 0 bridgehead atoms. The number of aromatic nitrogens is 3. The molecular formula is C15H14N4. The van der Waals surface area contributed by atoms with Crippen molar-refractivity contribution in [2.75, 3.05) is 5.73 Å². The zero-order valence-corrected chi connectivity index (χ0v) is 10.5. The van der Waals surface area contributed by atoms with Crippen molar-refractivity contribution in [2.24, 2.45) is 0 Å². The molecule has 4 nitrogen and oxygen atoms in total. The second-order valence-electron chi connectivity index (χ2n) is 4.97. The average molecular weight is 250 g/mol. The molecule has 0 radical (unpaired) electrons. The van der Waals surface area contributed by atoms with Gasteiger partial charge in [0.15, 0.2) is 5.65 Å². The van der Waals surface area contributed by atoms with Crippen LogP contribution in [0.4, 0.5) is 5.69 Å². The maximum Gasteiger partial charge on any atom is 0.160 e. The fraction of sp³-hybridized carbons (Fsp3) is 0.200. The fourth-order valence-electron chi connectivity index (χ4n) is 2.50. The minimum atomic E-state index is 0.523. The zero-order valence-electron chi connectivity index (χ0n) is 10.5. The van der Waals surface area contributed by atoms with Crippen molar-refractivity contribution in [2.45, 2.75) is 18.9 Å². The van der Waals surface area contributed by atoms with Crippen LogP contribution >= 0.6 is 0 Å². The van der Waals surface area contributed by atoms with Gasteiger partial charge in [-0.25, -0.2) is 9.97 Å². The van der Waals surface area contributed by atoms with Crippen molar-refractivity contribution in [3.63, 3.8) is 0 Å². The van der Waals surface area contributed by atoms with Crippen LogP contribution in [0.2, 0.25) is 0 Å². The van der Waals surface area contributed by atoms with E-state index in [0.717, 1.165) is 28.2 Å². The highest BCUT2D eigenvalue weighted by Crippen LogP contribution is 2.41. The van der Waals surface area contributed by atoms with Crippen LogP contribution in [0.3, 0.4) is 0 Å². The molecular weight excluding hydrogens is 236 g/mol. The number of para-hydroxylation sites is 1. The lowest BCUT2D eigenvalue weighted by Crippen LogP contribution is -2.00. The molecule has 19 heavy (non-hydrogen) atoms. The van der Waals surface area contributed by atoms with E-state index < -0.39 is 0 Å². The molecule has 0 aliphatic heterocycles. The van der Waals surface area contributed by atoms with Crippen molar-refractivity contribution >= 4 is 16.9 Å². The smallest absolute Gasteiger partial charge is 0.160 e. The Morgan fingerprint density at radius 3 is 2.74 bits per heavy atom. The van der Waals surface area contributed by atoms with Gasteiger partial charge < -0.3 is 10.3 Å². The first-order valence-electron chi connectivity index (χ1n) is 6.52. The molecule has 0 unspecified atom stereocenters. The SMILES string of the molecule is Nc1ccccc1-c1nc2cccnc2n1C1CC1. The van der Waals surface area contributed by atoms with Gasteiger partial charge in [0, 0.05) is 23.5 Å². The minimum absolute atomic E-state index is 0.523. The van der Waals surface area contributed by atoms with Gasteiger partial charge in [0.25, 0.3) is 0 Å². The molecule has 4 heteroatoms. The van der Waals surface area contributed by atoms with Gasteiger partial charge in [-0.05, 0) is 37.1 Å². The summed E-state index contributed by atoms with van der Waals surface area (Å²) in [4.78, 5) is 9.20. The van der Waals surface area contributed by atoms with E-state index in [4.69, 9.17) is 10.7 Å². The summed E-state index contributed by atoms with van der Waals surface area (Å²) < 4.78 is 2.24. The number of anilines is 1. The number of imidazole rings is 1.